The summed E-state index contributed by atoms with van der Waals surface area (Å²) in [5.74, 6) is 0.765. The van der Waals surface area contributed by atoms with E-state index in [0.29, 0.717) is 18.1 Å². The maximum Gasteiger partial charge on any atom is 0.137 e. The number of Topliss-reactive ketones (excluding diaryl/α,β-unsaturated/α-hetero) is 1. The third-order valence-corrected chi connectivity index (χ3v) is 2.93. The van der Waals surface area contributed by atoms with Gasteiger partial charge in [-0.25, -0.2) is 0 Å². The SMILES string of the molecule is CCCC(N)CC(=O)C1CCCC1. The zero-order valence-electron chi connectivity index (χ0n) is 8.59. The average Bonchev–Trinajstić information content (AvgIpc) is 2.55. The Morgan fingerprint density at radius 3 is 2.62 bits per heavy atom. The van der Waals surface area contributed by atoms with Gasteiger partial charge in [0, 0.05) is 18.4 Å². The summed E-state index contributed by atoms with van der Waals surface area (Å²) in [7, 11) is 0. The second-order valence-corrected chi connectivity index (χ2v) is 4.20. The van der Waals surface area contributed by atoms with Crippen LogP contribution in [0, 0.1) is 5.92 Å². The van der Waals surface area contributed by atoms with Gasteiger partial charge < -0.3 is 5.73 Å². The molecule has 0 heterocycles. The van der Waals surface area contributed by atoms with Crippen LogP contribution >= 0.6 is 0 Å². The standard InChI is InChI=1S/C11H21NO/c1-2-5-10(12)8-11(13)9-6-3-4-7-9/h9-10H,2-8,12H2,1H3. The topological polar surface area (TPSA) is 43.1 Å². The molecule has 2 N–H and O–H groups in total. The van der Waals surface area contributed by atoms with Gasteiger partial charge in [0.25, 0.3) is 0 Å². The van der Waals surface area contributed by atoms with Crippen LogP contribution in [0.4, 0.5) is 0 Å². The van der Waals surface area contributed by atoms with Crippen molar-refractivity contribution in [2.75, 3.05) is 0 Å². The summed E-state index contributed by atoms with van der Waals surface area (Å²) in [6.45, 7) is 2.11. The van der Waals surface area contributed by atoms with E-state index in [1.165, 1.54) is 12.8 Å². The van der Waals surface area contributed by atoms with Gasteiger partial charge in [0.05, 0.1) is 0 Å². The Morgan fingerprint density at radius 1 is 1.46 bits per heavy atom. The van der Waals surface area contributed by atoms with E-state index in [-0.39, 0.29) is 6.04 Å². The lowest BCUT2D eigenvalue weighted by molar-refractivity contribution is -0.123. The summed E-state index contributed by atoms with van der Waals surface area (Å²) in [5, 5.41) is 0. The number of hydrogen-bond acceptors (Lipinski definition) is 2. The maximum absolute atomic E-state index is 11.7. The first-order chi connectivity index (χ1) is 6.24. The first kappa shape index (κ1) is 10.7. The van der Waals surface area contributed by atoms with E-state index in [4.69, 9.17) is 5.73 Å². The molecule has 13 heavy (non-hydrogen) atoms. The Bertz CT molecular complexity index is 161. The molecule has 76 valence electrons. The number of rotatable bonds is 5. The molecule has 1 unspecified atom stereocenters. The second kappa shape index (κ2) is 5.38. The fraction of sp³-hybridized carbons (Fsp3) is 0.909. The van der Waals surface area contributed by atoms with Gasteiger partial charge in [-0.15, -0.1) is 0 Å². The molecule has 0 aromatic heterocycles. The highest BCUT2D eigenvalue weighted by Crippen LogP contribution is 2.26. The molecule has 0 aromatic rings. The van der Waals surface area contributed by atoms with E-state index in [9.17, 15) is 4.79 Å². The van der Waals surface area contributed by atoms with E-state index in [2.05, 4.69) is 6.92 Å². The van der Waals surface area contributed by atoms with Crippen molar-refractivity contribution in [1.82, 2.24) is 0 Å². The van der Waals surface area contributed by atoms with E-state index in [1.54, 1.807) is 0 Å². The second-order valence-electron chi connectivity index (χ2n) is 4.20. The molecule has 0 radical (unpaired) electrons. The van der Waals surface area contributed by atoms with Crippen molar-refractivity contribution in [2.45, 2.75) is 57.9 Å². The lowest BCUT2D eigenvalue weighted by atomic mass is 9.95. The van der Waals surface area contributed by atoms with E-state index in [1.807, 2.05) is 0 Å². The quantitative estimate of drug-likeness (QED) is 0.710. The number of hydrogen-bond donors (Lipinski definition) is 1. The molecule has 0 spiro atoms. The fourth-order valence-corrected chi connectivity index (χ4v) is 2.15. The first-order valence-corrected chi connectivity index (χ1v) is 5.52. The smallest absolute Gasteiger partial charge is 0.137 e. The van der Waals surface area contributed by atoms with Crippen molar-refractivity contribution in [3.05, 3.63) is 0 Å². The minimum atomic E-state index is 0.109. The Hall–Kier alpha value is -0.370. The van der Waals surface area contributed by atoms with E-state index in [0.717, 1.165) is 25.7 Å². The largest absolute Gasteiger partial charge is 0.327 e. The first-order valence-electron chi connectivity index (χ1n) is 5.52. The van der Waals surface area contributed by atoms with Crippen molar-refractivity contribution < 1.29 is 4.79 Å². The summed E-state index contributed by atoms with van der Waals surface area (Å²) >= 11 is 0. The van der Waals surface area contributed by atoms with Crippen LogP contribution in [0.15, 0.2) is 0 Å². The van der Waals surface area contributed by atoms with Crippen molar-refractivity contribution in [3.63, 3.8) is 0 Å². The Morgan fingerprint density at radius 2 is 2.08 bits per heavy atom. The van der Waals surface area contributed by atoms with E-state index >= 15 is 0 Å². The third-order valence-electron chi connectivity index (χ3n) is 2.93. The van der Waals surface area contributed by atoms with Gasteiger partial charge in [0.1, 0.15) is 5.78 Å². The zero-order chi connectivity index (χ0) is 9.68. The number of nitrogens with two attached hydrogens (primary N) is 1. The van der Waals surface area contributed by atoms with Crippen LogP contribution in [0.3, 0.4) is 0 Å². The summed E-state index contributed by atoms with van der Waals surface area (Å²) in [6, 6.07) is 0.109. The van der Waals surface area contributed by atoms with Gasteiger partial charge >= 0.3 is 0 Å². The molecule has 1 rings (SSSR count). The molecule has 1 aliphatic rings. The van der Waals surface area contributed by atoms with Gasteiger partial charge in [-0.1, -0.05) is 26.2 Å². The molecule has 2 nitrogen and oxygen atoms in total. The van der Waals surface area contributed by atoms with E-state index < -0.39 is 0 Å². The molecule has 0 saturated heterocycles. The highest BCUT2D eigenvalue weighted by molar-refractivity contribution is 5.81. The molecule has 0 aliphatic heterocycles. The van der Waals surface area contributed by atoms with Crippen LogP contribution in [0.2, 0.25) is 0 Å². The summed E-state index contributed by atoms with van der Waals surface area (Å²) in [6.07, 6.45) is 7.37. The number of carbonyl (C=O) groups excluding carboxylic acids is 1. The van der Waals surface area contributed by atoms with Gasteiger partial charge in [-0.2, -0.15) is 0 Å². The summed E-state index contributed by atoms with van der Waals surface area (Å²) < 4.78 is 0. The highest BCUT2D eigenvalue weighted by atomic mass is 16.1. The third kappa shape index (κ3) is 3.47. The fourth-order valence-electron chi connectivity index (χ4n) is 2.15. The Balaban J connectivity index is 2.23. The van der Waals surface area contributed by atoms with Crippen LogP contribution in [-0.2, 0) is 4.79 Å². The van der Waals surface area contributed by atoms with Crippen molar-refractivity contribution in [2.24, 2.45) is 11.7 Å². The van der Waals surface area contributed by atoms with Crippen LogP contribution in [0.25, 0.3) is 0 Å². The average molecular weight is 183 g/mol. The van der Waals surface area contributed by atoms with Gasteiger partial charge in [-0.3, -0.25) is 4.79 Å². The van der Waals surface area contributed by atoms with Crippen LogP contribution in [0.1, 0.15) is 51.9 Å². The Labute approximate surface area is 80.9 Å². The summed E-state index contributed by atoms with van der Waals surface area (Å²) in [5.41, 5.74) is 5.83. The zero-order valence-corrected chi connectivity index (χ0v) is 8.59. The van der Waals surface area contributed by atoms with Crippen molar-refractivity contribution >= 4 is 5.78 Å². The maximum atomic E-state index is 11.7. The molecule has 0 bridgehead atoms. The van der Waals surface area contributed by atoms with Crippen LogP contribution in [-0.4, -0.2) is 11.8 Å². The van der Waals surface area contributed by atoms with Gasteiger partial charge in [0.2, 0.25) is 0 Å². The lowest BCUT2D eigenvalue weighted by Crippen LogP contribution is -2.26. The van der Waals surface area contributed by atoms with Crippen molar-refractivity contribution in [1.29, 1.82) is 0 Å². The molecular formula is C11H21NO. The van der Waals surface area contributed by atoms with Crippen LogP contribution in [0.5, 0.6) is 0 Å². The van der Waals surface area contributed by atoms with Crippen molar-refractivity contribution in [3.8, 4) is 0 Å². The molecule has 1 saturated carbocycles. The minimum absolute atomic E-state index is 0.109. The van der Waals surface area contributed by atoms with Crippen LogP contribution < -0.4 is 5.73 Å². The predicted octanol–water partition coefficient (Wildman–Crippen LogP) is 2.26. The monoisotopic (exact) mass is 183 g/mol. The molecule has 0 amide bonds. The molecule has 0 aromatic carbocycles. The molecular weight excluding hydrogens is 162 g/mol. The Kier molecular flexibility index (Phi) is 4.43. The number of carbonyl (C=O) groups is 1. The van der Waals surface area contributed by atoms with Gasteiger partial charge in [0.15, 0.2) is 0 Å². The van der Waals surface area contributed by atoms with Gasteiger partial charge in [-0.05, 0) is 19.3 Å². The molecule has 1 aliphatic carbocycles. The normalized spacial score (nSPS) is 20.5. The summed E-state index contributed by atoms with van der Waals surface area (Å²) in [4.78, 5) is 11.7. The highest BCUT2D eigenvalue weighted by Gasteiger charge is 2.23. The predicted molar refractivity (Wildman–Crippen MR) is 54.5 cm³/mol. The minimum Gasteiger partial charge on any atom is -0.327 e. The molecule has 2 heteroatoms. The molecule has 1 fully saturated rings. The lowest BCUT2D eigenvalue weighted by Gasteiger charge is -2.12. The number of ketones is 1. The molecule has 1 atom stereocenters.